The molecule has 0 bridgehead atoms. The van der Waals surface area contributed by atoms with Crippen LogP contribution in [0.4, 0.5) is 0 Å². The lowest BCUT2D eigenvalue weighted by molar-refractivity contribution is -0.208. The Hall–Kier alpha value is -0.900. The standard InChI is InChI=1S/C17H26O3/c1-2-3-4-8-13-18-16-11-12-17(20-16)19-14-15-9-6-5-7-10-15/h5-7,9-10,16-17H,2-4,8,11-14H2,1H3. The van der Waals surface area contributed by atoms with E-state index in [4.69, 9.17) is 14.2 Å². The summed E-state index contributed by atoms with van der Waals surface area (Å²) in [4.78, 5) is 0. The van der Waals surface area contributed by atoms with Crippen molar-refractivity contribution in [3.05, 3.63) is 35.9 Å². The summed E-state index contributed by atoms with van der Waals surface area (Å²) >= 11 is 0. The molecule has 0 aliphatic carbocycles. The van der Waals surface area contributed by atoms with E-state index in [1.165, 1.54) is 24.8 Å². The molecule has 1 aromatic carbocycles. The Morgan fingerprint density at radius 2 is 1.75 bits per heavy atom. The van der Waals surface area contributed by atoms with Gasteiger partial charge >= 0.3 is 0 Å². The summed E-state index contributed by atoms with van der Waals surface area (Å²) in [6, 6.07) is 10.2. The molecule has 0 N–H and O–H groups in total. The minimum Gasteiger partial charge on any atom is -0.353 e. The Morgan fingerprint density at radius 3 is 2.50 bits per heavy atom. The Balaban J connectivity index is 1.56. The summed E-state index contributed by atoms with van der Waals surface area (Å²) in [5.74, 6) is 0. The molecule has 112 valence electrons. The van der Waals surface area contributed by atoms with Crippen molar-refractivity contribution in [2.45, 2.75) is 64.6 Å². The molecule has 1 saturated heterocycles. The molecule has 0 radical (unpaired) electrons. The van der Waals surface area contributed by atoms with Gasteiger partial charge in [0.15, 0.2) is 12.6 Å². The largest absolute Gasteiger partial charge is 0.353 e. The van der Waals surface area contributed by atoms with E-state index in [-0.39, 0.29) is 12.6 Å². The quantitative estimate of drug-likeness (QED) is 0.632. The minimum atomic E-state index is -0.115. The number of benzene rings is 1. The Labute approximate surface area is 122 Å². The molecule has 0 amide bonds. The zero-order chi connectivity index (χ0) is 14.0. The highest BCUT2D eigenvalue weighted by atomic mass is 16.8. The first kappa shape index (κ1) is 15.5. The van der Waals surface area contributed by atoms with Gasteiger partial charge in [-0.25, -0.2) is 0 Å². The number of unbranched alkanes of at least 4 members (excludes halogenated alkanes) is 3. The van der Waals surface area contributed by atoms with Gasteiger partial charge in [-0.1, -0.05) is 56.5 Å². The van der Waals surface area contributed by atoms with Gasteiger partial charge in [-0.2, -0.15) is 0 Å². The van der Waals surface area contributed by atoms with Crippen LogP contribution >= 0.6 is 0 Å². The summed E-state index contributed by atoms with van der Waals surface area (Å²) in [7, 11) is 0. The minimum absolute atomic E-state index is 0.0719. The number of hydrogen-bond donors (Lipinski definition) is 0. The maximum absolute atomic E-state index is 5.76. The van der Waals surface area contributed by atoms with Crippen molar-refractivity contribution in [1.29, 1.82) is 0 Å². The van der Waals surface area contributed by atoms with Crippen LogP contribution in [0.25, 0.3) is 0 Å². The van der Waals surface area contributed by atoms with Crippen LogP contribution in [0, 0.1) is 0 Å². The fourth-order valence-electron chi connectivity index (χ4n) is 2.33. The highest BCUT2D eigenvalue weighted by Gasteiger charge is 2.26. The van der Waals surface area contributed by atoms with Crippen LogP contribution in [0.3, 0.4) is 0 Å². The van der Waals surface area contributed by atoms with Crippen LogP contribution in [0.2, 0.25) is 0 Å². The number of hydrogen-bond acceptors (Lipinski definition) is 3. The normalized spacial score (nSPS) is 22.2. The molecule has 1 heterocycles. The van der Waals surface area contributed by atoms with Crippen molar-refractivity contribution < 1.29 is 14.2 Å². The Morgan fingerprint density at radius 1 is 1.00 bits per heavy atom. The lowest BCUT2D eigenvalue weighted by atomic mass is 10.2. The van der Waals surface area contributed by atoms with Crippen molar-refractivity contribution in [3.8, 4) is 0 Å². The van der Waals surface area contributed by atoms with Crippen molar-refractivity contribution in [2.24, 2.45) is 0 Å². The summed E-state index contributed by atoms with van der Waals surface area (Å²) in [6.07, 6.45) is 6.60. The third-order valence-corrected chi connectivity index (χ3v) is 3.52. The summed E-state index contributed by atoms with van der Waals surface area (Å²) in [5.41, 5.74) is 1.18. The molecule has 20 heavy (non-hydrogen) atoms. The van der Waals surface area contributed by atoms with Gasteiger partial charge in [0.2, 0.25) is 0 Å². The molecule has 1 aliphatic heterocycles. The van der Waals surface area contributed by atoms with Gasteiger partial charge in [-0.15, -0.1) is 0 Å². The fourth-order valence-corrected chi connectivity index (χ4v) is 2.33. The molecule has 3 nitrogen and oxygen atoms in total. The first-order valence-corrected chi connectivity index (χ1v) is 7.81. The number of rotatable bonds is 9. The average molecular weight is 278 g/mol. The Bertz CT molecular complexity index is 353. The van der Waals surface area contributed by atoms with Crippen molar-refractivity contribution >= 4 is 0 Å². The lowest BCUT2D eigenvalue weighted by Crippen LogP contribution is -2.17. The van der Waals surface area contributed by atoms with E-state index >= 15 is 0 Å². The van der Waals surface area contributed by atoms with Gasteiger partial charge in [-0.3, -0.25) is 0 Å². The second-order valence-corrected chi connectivity index (χ2v) is 5.30. The van der Waals surface area contributed by atoms with Crippen molar-refractivity contribution in [1.82, 2.24) is 0 Å². The number of ether oxygens (including phenoxy) is 3. The molecule has 1 fully saturated rings. The molecule has 2 rings (SSSR count). The molecular weight excluding hydrogens is 252 g/mol. The average Bonchev–Trinajstić information content (AvgIpc) is 2.94. The van der Waals surface area contributed by atoms with Crippen molar-refractivity contribution in [3.63, 3.8) is 0 Å². The lowest BCUT2D eigenvalue weighted by Gasteiger charge is -2.15. The van der Waals surface area contributed by atoms with Gasteiger partial charge in [-0.05, 0) is 12.0 Å². The summed E-state index contributed by atoms with van der Waals surface area (Å²) in [6.45, 7) is 3.63. The van der Waals surface area contributed by atoms with Gasteiger partial charge in [0.05, 0.1) is 6.61 Å². The molecule has 2 atom stereocenters. The SMILES string of the molecule is CCCCCCOC1CCC(OCc2ccccc2)O1. The maximum atomic E-state index is 5.76. The topological polar surface area (TPSA) is 27.7 Å². The fraction of sp³-hybridized carbons (Fsp3) is 0.647. The second-order valence-electron chi connectivity index (χ2n) is 5.30. The molecule has 3 heteroatoms. The van der Waals surface area contributed by atoms with Crippen LogP contribution < -0.4 is 0 Å². The Kier molecular flexibility index (Phi) is 7.06. The van der Waals surface area contributed by atoms with E-state index in [1.54, 1.807) is 0 Å². The van der Waals surface area contributed by atoms with E-state index in [2.05, 4.69) is 19.1 Å². The zero-order valence-corrected chi connectivity index (χ0v) is 12.4. The van der Waals surface area contributed by atoms with E-state index < -0.39 is 0 Å². The molecule has 1 aliphatic rings. The van der Waals surface area contributed by atoms with E-state index in [9.17, 15) is 0 Å². The summed E-state index contributed by atoms with van der Waals surface area (Å²) in [5, 5.41) is 0. The van der Waals surface area contributed by atoms with Gasteiger partial charge in [0.1, 0.15) is 0 Å². The monoisotopic (exact) mass is 278 g/mol. The van der Waals surface area contributed by atoms with Crippen LogP contribution in [-0.2, 0) is 20.8 Å². The molecular formula is C17H26O3. The third-order valence-electron chi connectivity index (χ3n) is 3.52. The van der Waals surface area contributed by atoms with E-state index in [0.717, 1.165) is 25.9 Å². The molecule has 0 spiro atoms. The van der Waals surface area contributed by atoms with Crippen molar-refractivity contribution in [2.75, 3.05) is 6.61 Å². The van der Waals surface area contributed by atoms with Gasteiger partial charge in [0.25, 0.3) is 0 Å². The van der Waals surface area contributed by atoms with Gasteiger partial charge < -0.3 is 14.2 Å². The smallest absolute Gasteiger partial charge is 0.161 e. The first-order valence-electron chi connectivity index (χ1n) is 7.81. The van der Waals surface area contributed by atoms with E-state index in [0.29, 0.717) is 6.61 Å². The molecule has 0 aromatic heterocycles. The predicted octanol–water partition coefficient (Wildman–Crippen LogP) is 4.26. The van der Waals surface area contributed by atoms with Crippen LogP contribution in [-0.4, -0.2) is 19.2 Å². The first-order chi connectivity index (χ1) is 9.88. The van der Waals surface area contributed by atoms with Crippen LogP contribution in [0.1, 0.15) is 51.0 Å². The van der Waals surface area contributed by atoms with E-state index in [1.807, 2.05) is 18.2 Å². The third kappa shape index (κ3) is 5.61. The maximum Gasteiger partial charge on any atom is 0.161 e. The molecule has 2 unspecified atom stereocenters. The molecule has 0 saturated carbocycles. The van der Waals surface area contributed by atoms with Crippen LogP contribution in [0.5, 0.6) is 0 Å². The molecule has 1 aromatic rings. The van der Waals surface area contributed by atoms with Crippen LogP contribution in [0.15, 0.2) is 30.3 Å². The highest BCUT2D eigenvalue weighted by molar-refractivity contribution is 5.13. The highest BCUT2D eigenvalue weighted by Crippen LogP contribution is 2.22. The predicted molar refractivity (Wildman–Crippen MR) is 79.2 cm³/mol. The second kappa shape index (κ2) is 9.11. The van der Waals surface area contributed by atoms with Gasteiger partial charge in [0, 0.05) is 19.4 Å². The zero-order valence-electron chi connectivity index (χ0n) is 12.4. The summed E-state index contributed by atoms with van der Waals surface area (Å²) < 4.78 is 17.2.